The van der Waals surface area contributed by atoms with Crippen LogP contribution in [0.15, 0.2) is 30.3 Å². The molecule has 0 aliphatic heterocycles. The molecule has 1 atom stereocenters. The third-order valence-corrected chi connectivity index (χ3v) is 7.72. The number of nitrogens with zero attached hydrogens (tertiary/aromatic N) is 7. The molecule has 0 spiro atoms. The number of benzene rings is 2. The summed E-state index contributed by atoms with van der Waals surface area (Å²) in [4.78, 5) is 11.9. The average Bonchev–Trinajstić information content (AvgIpc) is 3.46. The van der Waals surface area contributed by atoms with E-state index in [9.17, 15) is 9.90 Å². The van der Waals surface area contributed by atoms with E-state index < -0.39 is 5.97 Å². The molecular formula is C27H34ClN7O2. The predicted octanol–water partition coefficient (Wildman–Crippen LogP) is 4.77. The van der Waals surface area contributed by atoms with Crippen LogP contribution in [0.3, 0.4) is 0 Å². The number of tetrazole rings is 1. The van der Waals surface area contributed by atoms with Gasteiger partial charge in [-0.3, -0.25) is 4.79 Å². The normalized spacial score (nSPS) is 15.0. The minimum atomic E-state index is -0.836. The first kappa shape index (κ1) is 26.7. The molecular weight excluding hydrogens is 490 g/mol. The molecule has 196 valence electrons. The van der Waals surface area contributed by atoms with Gasteiger partial charge < -0.3 is 5.11 Å². The lowest BCUT2D eigenvalue weighted by molar-refractivity contribution is -0.137. The van der Waals surface area contributed by atoms with E-state index in [2.05, 4.69) is 44.9 Å². The molecule has 5 rings (SSSR count). The van der Waals surface area contributed by atoms with Crippen LogP contribution in [0.4, 0.5) is 0 Å². The highest BCUT2D eigenvalue weighted by Gasteiger charge is 2.23. The lowest BCUT2D eigenvalue weighted by Crippen LogP contribution is -2.17. The Balaban J connectivity index is 0.00000320. The molecule has 1 saturated carbocycles. The second-order valence-electron chi connectivity index (χ2n) is 10.2. The molecule has 9 nitrogen and oxygen atoms in total. The highest BCUT2D eigenvalue weighted by Crippen LogP contribution is 2.34. The van der Waals surface area contributed by atoms with Crippen molar-refractivity contribution in [3.63, 3.8) is 0 Å². The van der Waals surface area contributed by atoms with E-state index in [1.54, 1.807) is 4.68 Å². The third-order valence-electron chi connectivity index (χ3n) is 7.72. The van der Waals surface area contributed by atoms with Gasteiger partial charge >= 0.3 is 5.97 Å². The Bertz CT molecular complexity index is 1390. The fraction of sp³-hybridized carbons (Fsp3) is 0.481. The number of rotatable bonds is 8. The van der Waals surface area contributed by atoms with Gasteiger partial charge in [-0.25, -0.2) is 9.36 Å². The van der Waals surface area contributed by atoms with Gasteiger partial charge in [-0.1, -0.05) is 48.7 Å². The van der Waals surface area contributed by atoms with Crippen molar-refractivity contribution in [1.82, 2.24) is 35.2 Å². The number of carboxylic acid groups (broad SMARTS) is 1. The number of hydrogen-bond donors (Lipinski definition) is 1. The number of aryl methyl sites for hydroxylation is 3. The summed E-state index contributed by atoms with van der Waals surface area (Å²) in [6, 6.07) is 10.2. The van der Waals surface area contributed by atoms with Gasteiger partial charge in [0.05, 0.1) is 11.9 Å². The Morgan fingerprint density at radius 3 is 2.62 bits per heavy atom. The molecule has 0 radical (unpaired) electrons. The topological polar surface area (TPSA) is 112 Å². The number of halogens is 1. The van der Waals surface area contributed by atoms with Crippen molar-refractivity contribution in [1.29, 1.82) is 0 Å². The molecule has 10 heteroatoms. The van der Waals surface area contributed by atoms with Crippen molar-refractivity contribution in [2.75, 3.05) is 0 Å². The number of aliphatic carboxylic acids is 1. The average molecular weight is 524 g/mol. The Labute approximate surface area is 222 Å². The second-order valence-corrected chi connectivity index (χ2v) is 10.2. The van der Waals surface area contributed by atoms with Crippen LogP contribution >= 0.6 is 12.4 Å². The molecule has 1 fully saturated rings. The van der Waals surface area contributed by atoms with E-state index >= 15 is 0 Å². The molecule has 0 bridgehead atoms. The maximum atomic E-state index is 11.9. The van der Waals surface area contributed by atoms with Crippen LogP contribution in [0.1, 0.15) is 78.1 Å². The molecule has 37 heavy (non-hydrogen) atoms. The summed E-state index contributed by atoms with van der Waals surface area (Å²) in [6.45, 7) is 4.94. The van der Waals surface area contributed by atoms with E-state index in [4.69, 9.17) is 0 Å². The molecule has 1 aliphatic carbocycles. The van der Waals surface area contributed by atoms with E-state index in [1.807, 2.05) is 36.9 Å². The quantitative estimate of drug-likeness (QED) is 0.354. The summed E-state index contributed by atoms with van der Waals surface area (Å²) in [5.41, 5.74) is 6.88. The molecule has 1 aliphatic rings. The van der Waals surface area contributed by atoms with Gasteiger partial charge in [0.25, 0.3) is 0 Å². The van der Waals surface area contributed by atoms with Crippen LogP contribution in [0.2, 0.25) is 0 Å². The summed E-state index contributed by atoms with van der Waals surface area (Å²) in [6.07, 6.45) is 6.98. The van der Waals surface area contributed by atoms with Crippen molar-refractivity contribution in [3.05, 3.63) is 64.0 Å². The van der Waals surface area contributed by atoms with Crippen molar-refractivity contribution < 1.29 is 9.90 Å². The van der Waals surface area contributed by atoms with E-state index in [0.717, 1.165) is 51.2 Å². The minimum absolute atomic E-state index is 0. The smallest absolute Gasteiger partial charge is 0.304 e. The van der Waals surface area contributed by atoms with Gasteiger partial charge in [0, 0.05) is 25.9 Å². The van der Waals surface area contributed by atoms with Crippen LogP contribution in [-0.4, -0.2) is 46.3 Å². The minimum Gasteiger partial charge on any atom is -0.481 e. The van der Waals surface area contributed by atoms with Gasteiger partial charge in [-0.05, 0) is 76.9 Å². The van der Waals surface area contributed by atoms with Crippen molar-refractivity contribution in [3.8, 4) is 0 Å². The van der Waals surface area contributed by atoms with Gasteiger partial charge in [-0.15, -0.1) is 22.6 Å². The zero-order chi connectivity index (χ0) is 25.2. The third kappa shape index (κ3) is 5.66. The van der Waals surface area contributed by atoms with Crippen molar-refractivity contribution in [2.45, 2.75) is 71.3 Å². The summed E-state index contributed by atoms with van der Waals surface area (Å²) in [7, 11) is 1.86. The zero-order valence-electron chi connectivity index (χ0n) is 21.6. The fourth-order valence-corrected chi connectivity index (χ4v) is 5.58. The zero-order valence-corrected chi connectivity index (χ0v) is 22.4. The van der Waals surface area contributed by atoms with Gasteiger partial charge in [0.2, 0.25) is 0 Å². The number of fused-ring (bicyclic) bond motifs is 1. The summed E-state index contributed by atoms with van der Waals surface area (Å²) >= 11 is 0. The number of aromatic nitrogens is 7. The van der Waals surface area contributed by atoms with Crippen LogP contribution in [-0.2, 0) is 24.8 Å². The lowest BCUT2D eigenvalue weighted by atomic mass is 9.84. The molecule has 2 aromatic carbocycles. The van der Waals surface area contributed by atoms with Crippen LogP contribution in [0.5, 0.6) is 0 Å². The molecule has 1 N–H and O–H groups in total. The van der Waals surface area contributed by atoms with Crippen LogP contribution in [0.25, 0.3) is 11.0 Å². The predicted molar refractivity (Wildman–Crippen MR) is 143 cm³/mol. The Morgan fingerprint density at radius 1 is 1.08 bits per heavy atom. The van der Waals surface area contributed by atoms with Gasteiger partial charge in [0.1, 0.15) is 5.52 Å². The number of carbonyl (C=O) groups is 1. The largest absolute Gasteiger partial charge is 0.481 e. The molecule has 1 unspecified atom stereocenters. The Hall–Kier alpha value is -3.33. The SMILES string of the molecule is Cc1ccc(C(CC(=O)O)c2ccc3c(nnn3C)c2C)cc1Cc1nnnn1CC1CCCCC1.Cl. The number of carboxylic acids is 1. The van der Waals surface area contributed by atoms with E-state index in [-0.39, 0.29) is 24.7 Å². The molecule has 4 aromatic rings. The lowest BCUT2D eigenvalue weighted by Gasteiger charge is -2.22. The second kappa shape index (κ2) is 11.4. The summed E-state index contributed by atoms with van der Waals surface area (Å²) in [5, 5.41) is 30.8. The Morgan fingerprint density at radius 2 is 1.86 bits per heavy atom. The van der Waals surface area contributed by atoms with Gasteiger partial charge in [0.15, 0.2) is 5.82 Å². The van der Waals surface area contributed by atoms with Crippen molar-refractivity contribution in [2.24, 2.45) is 13.0 Å². The van der Waals surface area contributed by atoms with E-state index in [0.29, 0.717) is 12.3 Å². The maximum Gasteiger partial charge on any atom is 0.304 e. The highest BCUT2D eigenvalue weighted by atomic mass is 35.5. The first-order chi connectivity index (χ1) is 17.4. The fourth-order valence-electron chi connectivity index (χ4n) is 5.58. The number of hydrogen-bond acceptors (Lipinski definition) is 6. The standard InChI is InChI=1S/C27H33N7O2.ClH/c1-17-9-10-20(13-21(17)14-25-28-30-32-34(25)16-19-7-5-4-6-8-19)23(15-26(35)36)22-11-12-24-27(18(22)2)29-31-33(24)3;/h9-13,19,23H,4-8,14-16H2,1-3H3,(H,35,36);1H. The molecule has 0 saturated heterocycles. The van der Waals surface area contributed by atoms with E-state index in [1.165, 1.54) is 32.1 Å². The van der Waals surface area contributed by atoms with Gasteiger partial charge in [-0.2, -0.15) is 0 Å². The highest BCUT2D eigenvalue weighted by molar-refractivity contribution is 5.85. The monoisotopic (exact) mass is 523 g/mol. The van der Waals surface area contributed by atoms with Crippen LogP contribution < -0.4 is 0 Å². The molecule has 0 amide bonds. The first-order valence-corrected chi connectivity index (χ1v) is 12.8. The van der Waals surface area contributed by atoms with Crippen LogP contribution in [0, 0.1) is 19.8 Å². The Kier molecular flexibility index (Phi) is 8.22. The molecule has 2 aromatic heterocycles. The summed E-state index contributed by atoms with van der Waals surface area (Å²) in [5.74, 6) is 0.351. The summed E-state index contributed by atoms with van der Waals surface area (Å²) < 4.78 is 3.70. The molecule has 2 heterocycles. The van der Waals surface area contributed by atoms with Crippen molar-refractivity contribution >= 4 is 29.4 Å². The first-order valence-electron chi connectivity index (χ1n) is 12.8. The maximum absolute atomic E-state index is 11.9.